The number of aromatic amines is 1. The number of H-pyrrole nitrogens is 1. The summed E-state index contributed by atoms with van der Waals surface area (Å²) in [7, 11) is -3.74. The van der Waals surface area contributed by atoms with Gasteiger partial charge in [-0.3, -0.25) is 4.79 Å². The van der Waals surface area contributed by atoms with Crippen LogP contribution in [-0.2, 0) is 14.8 Å². The van der Waals surface area contributed by atoms with E-state index in [0.717, 1.165) is 0 Å². The molecule has 1 atom stereocenters. The number of nitrogens with one attached hydrogen (secondary N) is 2. The highest BCUT2D eigenvalue weighted by Crippen LogP contribution is 2.24. The molecule has 1 saturated heterocycles. The summed E-state index contributed by atoms with van der Waals surface area (Å²) in [6.45, 7) is 0.346. The molecule has 10 heteroatoms. The Kier molecular flexibility index (Phi) is 5.05. The van der Waals surface area contributed by atoms with Gasteiger partial charge in [0.25, 0.3) is 10.0 Å². The quantitative estimate of drug-likeness (QED) is 0.715. The van der Waals surface area contributed by atoms with Crippen molar-refractivity contribution in [2.75, 3.05) is 18.4 Å². The molecule has 2 aromatic rings. The Labute approximate surface area is 150 Å². The predicted octanol–water partition coefficient (Wildman–Crippen LogP) is 1.15. The number of nitrogens with zero attached hydrogens (tertiary/aromatic N) is 2. The third-order valence-electron chi connectivity index (χ3n) is 4.26. The van der Waals surface area contributed by atoms with Crippen molar-refractivity contribution in [2.45, 2.75) is 17.9 Å². The number of aromatic carboxylic acids is 1. The van der Waals surface area contributed by atoms with Gasteiger partial charge in [0, 0.05) is 13.1 Å². The number of sulfonamides is 1. The van der Waals surface area contributed by atoms with E-state index in [1.807, 2.05) is 0 Å². The maximum atomic E-state index is 12.6. The second kappa shape index (κ2) is 7.26. The van der Waals surface area contributed by atoms with E-state index in [4.69, 9.17) is 0 Å². The zero-order chi connectivity index (χ0) is 18.7. The van der Waals surface area contributed by atoms with Crippen LogP contribution in [0.15, 0.2) is 41.8 Å². The number of carboxylic acids is 1. The van der Waals surface area contributed by atoms with Crippen LogP contribution in [-0.4, -0.2) is 52.8 Å². The number of hydrogen-bond acceptors (Lipinski definition) is 5. The fourth-order valence-electron chi connectivity index (χ4n) is 2.91. The van der Waals surface area contributed by atoms with Crippen molar-refractivity contribution in [3.8, 4) is 0 Å². The van der Waals surface area contributed by atoms with Gasteiger partial charge in [-0.1, -0.05) is 12.1 Å². The normalized spacial score (nSPS) is 18.4. The smallest absolute Gasteiger partial charge is 0.337 e. The van der Waals surface area contributed by atoms with Gasteiger partial charge < -0.3 is 15.4 Å². The van der Waals surface area contributed by atoms with Crippen LogP contribution in [0.1, 0.15) is 23.2 Å². The molecular weight excluding hydrogens is 360 g/mol. The number of carbonyl (C=O) groups excluding carboxylic acids is 1. The average Bonchev–Trinajstić information content (AvgIpc) is 3.17. The standard InChI is InChI=1S/C16H18N4O5S/c21-15(19-13-6-2-1-5-12(13)16(22)23)11-4-3-7-20(9-11)26(24,25)14-8-17-10-18-14/h1-2,5-6,8,10-11H,3-4,7,9H2,(H,17,18)(H,19,21)(H,22,23). The van der Waals surface area contributed by atoms with Crippen molar-refractivity contribution >= 4 is 27.6 Å². The van der Waals surface area contributed by atoms with Crippen molar-refractivity contribution in [3.05, 3.63) is 42.4 Å². The van der Waals surface area contributed by atoms with Crippen LogP contribution in [0.25, 0.3) is 0 Å². The van der Waals surface area contributed by atoms with Gasteiger partial charge in [0.1, 0.15) is 0 Å². The first-order chi connectivity index (χ1) is 12.4. The fraction of sp³-hybridized carbons (Fsp3) is 0.312. The summed E-state index contributed by atoms with van der Waals surface area (Å²) in [6, 6.07) is 6.09. The van der Waals surface area contributed by atoms with Crippen molar-refractivity contribution < 1.29 is 23.1 Å². The largest absolute Gasteiger partial charge is 0.478 e. The monoisotopic (exact) mass is 378 g/mol. The molecule has 3 rings (SSSR count). The lowest BCUT2D eigenvalue weighted by molar-refractivity contribution is -0.120. The van der Waals surface area contributed by atoms with E-state index in [0.29, 0.717) is 19.4 Å². The topological polar surface area (TPSA) is 132 Å². The molecule has 2 heterocycles. The van der Waals surface area contributed by atoms with Crippen LogP contribution in [0, 0.1) is 5.92 Å². The molecule has 1 aliphatic heterocycles. The molecule has 0 aliphatic carbocycles. The number of hydrogen-bond donors (Lipinski definition) is 3. The van der Waals surface area contributed by atoms with Crippen LogP contribution in [0.5, 0.6) is 0 Å². The summed E-state index contributed by atoms with van der Waals surface area (Å²) in [5, 5.41) is 11.8. The number of carboxylic acid groups (broad SMARTS) is 1. The van der Waals surface area contributed by atoms with E-state index in [1.54, 1.807) is 12.1 Å². The molecule has 138 valence electrons. The number of rotatable bonds is 5. The molecule has 0 spiro atoms. The second-order valence-corrected chi connectivity index (χ2v) is 7.86. The number of imidazole rings is 1. The van der Waals surface area contributed by atoms with E-state index < -0.39 is 27.8 Å². The van der Waals surface area contributed by atoms with Gasteiger partial charge in [0.15, 0.2) is 5.03 Å². The third kappa shape index (κ3) is 3.60. The maximum Gasteiger partial charge on any atom is 0.337 e. The van der Waals surface area contributed by atoms with Gasteiger partial charge in [0.2, 0.25) is 5.91 Å². The lowest BCUT2D eigenvalue weighted by atomic mass is 9.98. The zero-order valence-electron chi connectivity index (χ0n) is 13.8. The van der Waals surface area contributed by atoms with E-state index in [-0.39, 0.29) is 22.8 Å². The lowest BCUT2D eigenvalue weighted by Gasteiger charge is -2.30. The Morgan fingerprint density at radius 2 is 2.08 bits per heavy atom. The highest BCUT2D eigenvalue weighted by atomic mass is 32.2. The summed E-state index contributed by atoms with van der Waals surface area (Å²) in [4.78, 5) is 30.1. The molecule has 1 aromatic carbocycles. The fourth-order valence-corrected chi connectivity index (χ4v) is 4.33. The Bertz CT molecular complexity index is 910. The number of carbonyl (C=O) groups is 2. The summed E-state index contributed by atoms with van der Waals surface area (Å²) < 4.78 is 26.4. The van der Waals surface area contributed by atoms with Gasteiger partial charge >= 0.3 is 5.97 Å². The van der Waals surface area contributed by atoms with E-state index in [1.165, 1.54) is 29.0 Å². The van der Waals surface area contributed by atoms with Crippen molar-refractivity contribution in [1.29, 1.82) is 0 Å². The molecule has 0 bridgehead atoms. The van der Waals surface area contributed by atoms with Crippen molar-refractivity contribution in [2.24, 2.45) is 5.92 Å². The number of benzene rings is 1. The first kappa shape index (κ1) is 18.1. The molecule has 3 N–H and O–H groups in total. The van der Waals surface area contributed by atoms with E-state index in [9.17, 15) is 23.1 Å². The number of aromatic nitrogens is 2. The summed E-state index contributed by atoms with van der Waals surface area (Å²) in [5.74, 6) is -2.11. The molecule has 26 heavy (non-hydrogen) atoms. The number of anilines is 1. The van der Waals surface area contributed by atoms with Gasteiger partial charge in [0.05, 0.1) is 29.7 Å². The molecule has 1 fully saturated rings. The highest BCUT2D eigenvalue weighted by Gasteiger charge is 2.34. The molecular formula is C16H18N4O5S. The van der Waals surface area contributed by atoms with Crippen LogP contribution >= 0.6 is 0 Å². The number of piperidine rings is 1. The van der Waals surface area contributed by atoms with Crippen LogP contribution in [0.4, 0.5) is 5.69 Å². The Morgan fingerprint density at radius 3 is 2.77 bits per heavy atom. The molecule has 0 saturated carbocycles. The Balaban J connectivity index is 1.74. The molecule has 1 unspecified atom stereocenters. The van der Waals surface area contributed by atoms with Crippen LogP contribution < -0.4 is 5.32 Å². The lowest BCUT2D eigenvalue weighted by Crippen LogP contribution is -2.43. The SMILES string of the molecule is O=C(O)c1ccccc1NC(=O)C1CCCN(S(=O)(=O)c2cnc[nH]2)C1. The Hall–Kier alpha value is -2.72. The van der Waals surface area contributed by atoms with Crippen molar-refractivity contribution in [1.82, 2.24) is 14.3 Å². The van der Waals surface area contributed by atoms with Gasteiger partial charge in [-0.25, -0.2) is 18.2 Å². The van der Waals surface area contributed by atoms with Crippen LogP contribution in [0.3, 0.4) is 0 Å². The minimum Gasteiger partial charge on any atom is -0.478 e. The minimum absolute atomic E-state index is 0.0152. The van der Waals surface area contributed by atoms with Gasteiger partial charge in [-0.2, -0.15) is 4.31 Å². The molecule has 9 nitrogen and oxygen atoms in total. The molecule has 1 aromatic heterocycles. The van der Waals surface area contributed by atoms with Gasteiger partial charge in [-0.15, -0.1) is 0 Å². The molecule has 1 aliphatic rings. The van der Waals surface area contributed by atoms with Crippen LogP contribution in [0.2, 0.25) is 0 Å². The molecule has 0 radical (unpaired) electrons. The summed E-state index contributed by atoms with van der Waals surface area (Å²) >= 11 is 0. The van der Waals surface area contributed by atoms with E-state index in [2.05, 4.69) is 15.3 Å². The highest BCUT2D eigenvalue weighted by molar-refractivity contribution is 7.89. The van der Waals surface area contributed by atoms with Crippen molar-refractivity contribution in [3.63, 3.8) is 0 Å². The number of amides is 1. The average molecular weight is 378 g/mol. The third-order valence-corrected chi connectivity index (χ3v) is 6.05. The Morgan fingerprint density at radius 1 is 1.31 bits per heavy atom. The molecule has 1 amide bonds. The predicted molar refractivity (Wildman–Crippen MR) is 92.1 cm³/mol. The van der Waals surface area contributed by atoms with E-state index >= 15 is 0 Å². The number of para-hydroxylation sites is 1. The summed E-state index contributed by atoms with van der Waals surface area (Å²) in [5.41, 5.74) is 0.178. The summed E-state index contributed by atoms with van der Waals surface area (Å²) in [6.07, 6.45) is 3.56. The maximum absolute atomic E-state index is 12.6. The zero-order valence-corrected chi connectivity index (χ0v) is 14.6. The van der Waals surface area contributed by atoms with Gasteiger partial charge in [-0.05, 0) is 25.0 Å². The minimum atomic E-state index is -3.74. The first-order valence-electron chi connectivity index (χ1n) is 8.01. The first-order valence-corrected chi connectivity index (χ1v) is 9.45. The second-order valence-electron chi connectivity index (χ2n) is 5.96.